The highest BCUT2D eigenvalue weighted by Crippen LogP contribution is 2.23. The number of allylic oxidation sites excluding steroid dienone is 1. The zero-order valence-electron chi connectivity index (χ0n) is 9.86. The molecule has 1 rings (SSSR count). The topological polar surface area (TPSA) is 0 Å². The van der Waals surface area contributed by atoms with Gasteiger partial charge >= 0.3 is 0 Å². The molecule has 0 heterocycles. The van der Waals surface area contributed by atoms with Crippen molar-refractivity contribution in [3.63, 3.8) is 0 Å². The highest BCUT2D eigenvalue weighted by Gasteiger charge is 2.09. The molecule has 1 aromatic carbocycles. The highest BCUT2D eigenvalue weighted by atomic mass is 19.1. The Morgan fingerprint density at radius 1 is 1.40 bits per heavy atom. The second-order valence-electron chi connectivity index (χ2n) is 3.76. The van der Waals surface area contributed by atoms with E-state index in [0.29, 0.717) is 0 Å². The van der Waals surface area contributed by atoms with Gasteiger partial charge in [-0.1, -0.05) is 32.8 Å². The van der Waals surface area contributed by atoms with E-state index in [2.05, 4.69) is 19.6 Å². The first-order valence-corrected chi connectivity index (χ1v) is 5.63. The SMILES string of the molecule is BCc1c(F)cc(C(=C)CC)cc1CC. The van der Waals surface area contributed by atoms with Crippen LogP contribution in [-0.2, 0) is 12.7 Å². The van der Waals surface area contributed by atoms with Crippen LogP contribution in [0.5, 0.6) is 0 Å². The first-order chi connectivity index (χ1) is 7.13. The third-order valence-corrected chi connectivity index (χ3v) is 2.86. The zero-order chi connectivity index (χ0) is 11.4. The Morgan fingerprint density at radius 3 is 2.53 bits per heavy atom. The summed E-state index contributed by atoms with van der Waals surface area (Å²) in [6, 6.07) is 3.69. The van der Waals surface area contributed by atoms with Gasteiger partial charge < -0.3 is 0 Å². The van der Waals surface area contributed by atoms with E-state index in [0.717, 1.165) is 41.4 Å². The zero-order valence-corrected chi connectivity index (χ0v) is 9.86. The maximum Gasteiger partial charge on any atom is 0.126 e. The van der Waals surface area contributed by atoms with Crippen molar-refractivity contribution in [1.82, 2.24) is 0 Å². The molecular weight excluding hydrogens is 186 g/mol. The van der Waals surface area contributed by atoms with Crippen molar-refractivity contribution >= 4 is 13.4 Å². The smallest absolute Gasteiger partial charge is 0.126 e. The number of halogens is 1. The van der Waals surface area contributed by atoms with Gasteiger partial charge in [0.2, 0.25) is 0 Å². The van der Waals surface area contributed by atoms with Gasteiger partial charge in [0.25, 0.3) is 0 Å². The van der Waals surface area contributed by atoms with Gasteiger partial charge in [0.05, 0.1) is 0 Å². The Hall–Kier alpha value is -1.05. The number of hydrogen-bond donors (Lipinski definition) is 0. The average molecular weight is 204 g/mol. The summed E-state index contributed by atoms with van der Waals surface area (Å²) in [5.74, 6) is -0.0820. The van der Waals surface area contributed by atoms with Crippen molar-refractivity contribution < 1.29 is 4.39 Å². The first kappa shape index (κ1) is 12.0. The second-order valence-corrected chi connectivity index (χ2v) is 3.76. The Morgan fingerprint density at radius 2 is 2.07 bits per heavy atom. The fraction of sp³-hybridized carbons (Fsp3) is 0.385. The molecule has 0 nitrogen and oxygen atoms in total. The number of benzene rings is 1. The van der Waals surface area contributed by atoms with E-state index in [1.54, 1.807) is 6.07 Å². The standard InChI is InChI=1S/C13H18BF/c1-4-9(3)11-6-10(5-2)12(8-14)13(15)7-11/h6-7H,3-5,8,14H2,1-2H3. The Kier molecular flexibility index (Phi) is 4.13. The third-order valence-electron chi connectivity index (χ3n) is 2.86. The summed E-state index contributed by atoms with van der Waals surface area (Å²) < 4.78 is 13.8. The van der Waals surface area contributed by atoms with Crippen LogP contribution in [0.4, 0.5) is 4.39 Å². The van der Waals surface area contributed by atoms with Crippen molar-refractivity contribution in [2.24, 2.45) is 0 Å². The lowest BCUT2D eigenvalue weighted by Crippen LogP contribution is -1.99. The van der Waals surface area contributed by atoms with Gasteiger partial charge in [-0.2, -0.15) is 0 Å². The molecule has 0 amide bonds. The van der Waals surface area contributed by atoms with E-state index < -0.39 is 0 Å². The number of aryl methyl sites for hydroxylation is 1. The van der Waals surface area contributed by atoms with Gasteiger partial charge in [-0.15, -0.1) is 0 Å². The second kappa shape index (κ2) is 5.15. The molecule has 15 heavy (non-hydrogen) atoms. The molecule has 0 saturated carbocycles. The van der Waals surface area contributed by atoms with Crippen LogP contribution in [0.1, 0.15) is 37.0 Å². The van der Waals surface area contributed by atoms with Gasteiger partial charge in [-0.25, -0.2) is 4.39 Å². The molecule has 0 radical (unpaired) electrons. The summed E-state index contributed by atoms with van der Waals surface area (Å²) in [6.45, 7) is 8.05. The molecule has 2 heteroatoms. The Balaban J connectivity index is 3.25. The molecule has 0 atom stereocenters. The van der Waals surface area contributed by atoms with Crippen molar-refractivity contribution in [3.05, 3.63) is 41.2 Å². The molecule has 0 aliphatic carbocycles. The van der Waals surface area contributed by atoms with Crippen molar-refractivity contribution in [2.75, 3.05) is 0 Å². The highest BCUT2D eigenvalue weighted by molar-refractivity contribution is 6.08. The third kappa shape index (κ3) is 2.50. The molecule has 0 unspecified atom stereocenters. The molecule has 0 aromatic heterocycles. The van der Waals surface area contributed by atoms with E-state index in [-0.39, 0.29) is 5.82 Å². The van der Waals surface area contributed by atoms with Crippen LogP contribution in [-0.4, -0.2) is 7.85 Å². The molecular formula is C13H18BF. The molecule has 0 fully saturated rings. The number of rotatable bonds is 4. The van der Waals surface area contributed by atoms with Gasteiger partial charge in [0.1, 0.15) is 13.7 Å². The fourth-order valence-electron chi connectivity index (χ4n) is 1.81. The van der Waals surface area contributed by atoms with E-state index in [4.69, 9.17) is 0 Å². The summed E-state index contributed by atoms with van der Waals surface area (Å²) in [5.41, 5.74) is 3.92. The van der Waals surface area contributed by atoms with E-state index in [1.165, 1.54) is 0 Å². The van der Waals surface area contributed by atoms with Gasteiger partial charge in [0, 0.05) is 0 Å². The lowest BCUT2D eigenvalue weighted by molar-refractivity contribution is 0.613. The van der Waals surface area contributed by atoms with Gasteiger partial charge in [-0.05, 0) is 41.2 Å². The van der Waals surface area contributed by atoms with E-state index in [1.807, 2.05) is 14.8 Å². The van der Waals surface area contributed by atoms with Crippen LogP contribution in [0.15, 0.2) is 18.7 Å². The van der Waals surface area contributed by atoms with Gasteiger partial charge in [-0.3, -0.25) is 0 Å². The van der Waals surface area contributed by atoms with Crippen LogP contribution >= 0.6 is 0 Å². The summed E-state index contributed by atoms with van der Waals surface area (Å²) in [5, 5.41) is 0. The van der Waals surface area contributed by atoms with Crippen LogP contribution in [0.3, 0.4) is 0 Å². The monoisotopic (exact) mass is 204 g/mol. The van der Waals surface area contributed by atoms with Gasteiger partial charge in [0.15, 0.2) is 0 Å². The predicted octanol–water partition coefficient (Wildman–Crippen LogP) is 2.94. The summed E-state index contributed by atoms with van der Waals surface area (Å²) in [6.07, 6.45) is 2.51. The molecule has 0 aliphatic rings. The molecule has 0 aliphatic heterocycles. The fourth-order valence-corrected chi connectivity index (χ4v) is 1.81. The lowest BCUT2D eigenvalue weighted by atomic mass is 9.89. The molecule has 1 aromatic rings. The molecule has 0 spiro atoms. The summed E-state index contributed by atoms with van der Waals surface area (Å²) in [4.78, 5) is 0. The quantitative estimate of drug-likeness (QED) is 0.661. The first-order valence-electron chi connectivity index (χ1n) is 5.63. The van der Waals surface area contributed by atoms with Crippen LogP contribution in [0.25, 0.3) is 5.57 Å². The number of hydrogen-bond acceptors (Lipinski definition) is 0. The largest absolute Gasteiger partial charge is 0.207 e. The van der Waals surface area contributed by atoms with Crippen molar-refractivity contribution in [1.29, 1.82) is 0 Å². The maximum absolute atomic E-state index is 13.8. The van der Waals surface area contributed by atoms with Crippen LogP contribution in [0.2, 0.25) is 0 Å². The normalized spacial score (nSPS) is 10.3. The Labute approximate surface area is 92.6 Å². The minimum absolute atomic E-state index is 0.0820. The van der Waals surface area contributed by atoms with Crippen LogP contribution < -0.4 is 0 Å². The van der Waals surface area contributed by atoms with Crippen LogP contribution in [0, 0.1) is 5.82 Å². The summed E-state index contributed by atoms with van der Waals surface area (Å²) >= 11 is 0. The minimum Gasteiger partial charge on any atom is -0.207 e. The molecule has 0 saturated heterocycles. The molecule has 80 valence electrons. The average Bonchev–Trinajstić information content (AvgIpc) is 2.26. The Bertz CT molecular complexity index is 369. The minimum atomic E-state index is -0.0820. The van der Waals surface area contributed by atoms with E-state index >= 15 is 0 Å². The molecule has 0 bridgehead atoms. The maximum atomic E-state index is 13.8. The summed E-state index contributed by atoms with van der Waals surface area (Å²) in [7, 11) is 1.99. The van der Waals surface area contributed by atoms with Crippen molar-refractivity contribution in [3.8, 4) is 0 Å². The van der Waals surface area contributed by atoms with E-state index in [9.17, 15) is 4.39 Å². The van der Waals surface area contributed by atoms with Crippen molar-refractivity contribution in [2.45, 2.75) is 33.0 Å². The predicted molar refractivity (Wildman–Crippen MR) is 67.4 cm³/mol. The lowest BCUT2D eigenvalue weighted by Gasteiger charge is -2.11. The molecule has 0 N–H and O–H groups in total.